The molecule has 0 atom stereocenters. The molecule has 0 radical (unpaired) electrons. The summed E-state index contributed by atoms with van der Waals surface area (Å²) in [5.74, 6) is -0.757. The Labute approximate surface area is 193 Å². The first-order chi connectivity index (χ1) is 15.1. The standard InChI is InChI=1S/C23H18Cl2FN3O3/c1-23(2,22(30)31)11-32-20-6-4-13(10-27-20)12-3-5-14(17(26)7-12)21-28-18-8-15(24)16(25)9-19(18)29-21/h3-10H,11H2,1-2H3,(H,28,29)(H,30,31). The van der Waals surface area contributed by atoms with Crippen molar-refractivity contribution in [2.45, 2.75) is 13.8 Å². The van der Waals surface area contributed by atoms with E-state index in [0.29, 0.717) is 49.5 Å². The minimum Gasteiger partial charge on any atom is -0.481 e. The van der Waals surface area contributed by atoms with Gasteiger partial charge in [0.15, 0.2) is 0 Å². The fourth-order valence-electron chi connectivity index (χ4n) is 2.97. The SMILES string of the molecule is CC(C)(COc1ccc(-c2ccc(-c3nc4cc(Cl)c(Cl)cc4[nH]3)c(F)c2)cn1)C(=O)O. The van der Waals surface area contributed by atoms with Crippen molar-refractivity contribution in [1.82, 2.24) is 15.0 Å². The van der Waals surface area contributed by atoms with E-state index in [2.05, 4.69) is 15.0 Å². The van der Waals surface area contributed by atoms with Gasteiger partial charge in [-0.15, -0.1) is 0 Å². The fraction of sp³-hybridized carbons (Fsp3) is 0.174. The van der Waals surface area contributed by atoms with E-state index < -0.39 is 17.2 Å². The molecular weight excluding hydrogens is 456 g/mol. The highest BCUT2D eigenvalue weighted by Gasteiger charge is 2.28. The molecule has 0 spiro atoms. The first-order valence-corrected chi connectivity index (χ1v) is 10.4. The van der Waals surface area contributed by atoms with Gasteiger partial charge < -0.3 is 14.8 Å². The van der Waals surface area contributed by atoms with E-state index >= 15 is 0 Å². The number of aromatic amines is 1. The number of aliphatic carboxylic acids is 1. The number of carboxylic acids is 1. The third kappa shape index (κ3) is 4.40. The number of aromatic nitrogens is 3. The van der Waals surface area contributed by atoms with E-state index in [1.807, 2.05) is 0 Å². The second-order valence-corrected chi connectivity index (χ2v) is 8.74. The lowest BCUT2D eigenvalue weighted by atomic mass is 9.95. The van der Waals surface area contributed by atoms with Crippen LogP contribution in [0.5, 0.6) is 5.88 Å². The zero-order valence-corrected chi connectivity index (χ0v) is 18.6. The summed E-state index contributed by atoms with van der Waals surface area (Å²) in [6.07, 6.45) is 1.54. The predicted octanol–water partition coefficient (Wildman–Crippen LogP) is 6.23. The van der Waals surface area contributed by atoms with E-state index in [9.17, 15) is 9.18 Å². The highest BCUT2D eigenvalue weighted by atomic mass is 35.5. The predicted molar refractivity (Wildman–Crippen MR) is 122 cm³/mol. The third-order valence-corrected chi connectivity index (χ3v) is 5.70. The average molecular weight is 474 g/mol. The van der Waals surface area contributed by atoms with Crippen LogP contribution in [0.25, 0.3) is 33.5 Å². The molecule has 0 saturated carbocycles. The summed E-state index contributed by atoms with van der Waals surface area (Å²) >= 11 is 12.1. The van der Waals surface area contributed by atoms with Crippen molar-refractivity contribution in [3.63, 3.8) is 0 Å². The Morgan fingerprint density at radius 3 is 2.50 bits per heavy atom. The Kier molecular flexibility index (Phi) is 5.79. The molecule has 0 aliphatic carbocycles. The van der Waals surface area contributed by atoms with Crippen molar-refractivity contribution in [3.8, 4) is 28.4 Å². The van der Waals surface area contributed by atoms with E-state index in [-0.39, 0.29) is 6.61 Å². The number of halogens is 3. The third-order valence-electron chi connectivity index (χ3n) is 4.98. The minimum absolute atomic E-state index is 0.0219. The van der Waals surface area contributed by atoms with Gasteiger partial charge in [0.25, 0.3) is 0 Å². The van der Waals surface area contributed by atoms with Gasteiger partial charge in [0.2, 0.25) is 5.88 Å². The van der Waals surface area contributed by atoms with E-state index in [4.69, 9.17) is 33.0 Å². The minimum atomic E-state index is -1.04. The molecule has 9 heteroatoms. The van der Waals surface area contributed by atoms with Crippen LogP contribution in [0, 0.1) is 11.2 Å². The average Bonchev–Trinajstić information content (AvgIpc) is 3.15. The molecule has 0 amide bonds. The van der Waals surface area contributed by atoms with E-state index in [0.717, 1.165) is 0 Å². The highest BCUT2D eigenvalue weighted by Crippen LogP contribution is 2.31. The van der Waals surface area contributed by atoms with Gasteiger partial charge in [-0.3, -0.25) is 4.79 Å². The summed E-state index contributed by atoms with van der Waals surface area (Å²) in [6, 6.07) is 11.4. The molecule has 0 saturated heterocycles. The molecule has 4 aromatic rings. The number of H-pyrrole nitrogens is 1. The molecule has 32 heavy (non-hydrogen) atoms. The number of carbonyl (C=O) groups is 1. The van der Waals surface area contributed by atoms with Crippen molar-refractivity contribution in [3.05, 3.63) is 64.5 Å². The summed E-state index contributed by atoms with van der Waals surface area (Å²) in [4.78, 5) is 22.8. The Morgan fingerprint density at radius 1 is 1.12 bits per heavy atom. The second kappa shape index (κ2) is 8.41. The fourth-order valence-corrected chi connectivity index (χ4v) is 3.29. The smallest absolute Gasteiger partial charge is 0.312 e. The molecule has 164 valence electrons. The topological polar surface area (TPSA) is 88.1 Å². The van der Waals surface area contributed by atoms with E-state index in [1.165, 1.54) is 6.07 Å². The maximum Gasteiger partial charge on any atom is 0.312 e. The molecule has 2 heterocycles. The summed E-state index contributed by atoms with van der Waals surface area (Å²) < 4.78 is 20.4. The summed E-state index contributed by atoms with van der Waals surface area (Å²) in [7, 11) is 0. The summed E-state index contributed by atoms with van der Waals surface area (Å²) in [5.41, 5.74) is 1.82. The number of ether oxygens (including phenoxy) is 1. The van der Waals surface area contributed by atoms with Crippen molar-refractivity contribution in [1.29, 1.82) is 0 Å². The first-order valence-electron chi connectivity index (χ1n) is 9.61. The molecule has 0 bridgehead atoms. The maximum absolute atomic E-state index is 14.9. The zero-order valence-electron chi connectivity index (χ0n) is 17.1. The van der Waals surface area contributed by atoms with Crippen LogP contribution < -0.4 is 4.74 Å². The Balaban J connectivity index is 1.55. The lowest BCUT2D eigenvalue weighted by Gasteiger charge is -2.19. The van der Waals surface area contributed by atoms with Crippen LogP contribution in [0.4, 0.5) is 4.39 Å². The summed E-state index contributed by atoms with van der Waals surface area (Å²) in [6.45, 7) is 3.12. The largest absolute Gasteiger partial charge is 0.481 e. The van der Waals surface area contributed by atoms with Gasteiger partial charge in [0.05, 0.1) is 32.1 Å². The van der Waals surface area contributed by atoms with Crippen molar-refractivity contribution in [2.75, 3.05) is 6.61 Å². The number of nitrogens with one attached hydrogen (secondary N) is 1. The van der Waals surface area contributed by atoms with Gasteiger partial charge in [-0.1, -0.05) is 29.3 Å². The number of hydrogen-bond acceptors (Lipinski definition) is 4. The molecule has 0 aliphatic heterocycles. The van der Waals surface area contributed by atoms with Crippen LogP contribution in [-0.2, 0) is 4.79 Å². The van der Waals surface area contributed by atoms with Crippen LogP contribution >= 0.6 is 23.2 Å². The second-order valence-electron chi connectivity index (χ2n) is 7.93. The quantitative estimate of drug-likeness (QED) is 0.346. The molecule has 0 unspecified atom stereocenters. The molecule has 2 aromatic carbocycles. The number of carboxylic acid groups (broad SMARTS) is 1. The maximum atomic E-state index is 14.9. The Morgan fingerprint density at radius 2 is 1.84 bits per heavy atom. The number of benzene rings is 2. The number of pyridine rings is 1. The van der Waals surface area contributed by atoms with Crippen LogP contribution in [0.15, 0.2) is 48.7 Å². The lowest BCUT2D eigenvalue weighted by Crippen LogP contribution is -2.30. The Hall–Kier alpha value is -3.16. The number of hydrogen-bond donors (Lipinski definition) is 2. The van der Waals surface area contributed by atoms with Crippen molar-refractivity contribution < 1.29 is 19.0 Å². The molecule has 2 aromatic heterocycles. The molecule has 6 nitrogen and oxygen atoms in total. The van der Waals surface area contributed by atoms with Gasteiger partial charge in [-0.25, -0.2) is 14.4 Å². The number of fused-ring (bicyclic) bond motifs is 1. The van der Waals surface area contributed by atoms with Crippen LogP contribution in [0.2, 0.25) is 10.0 Å². The monoisotopic (exact) mass is 473 g/mol. The normalized spacial score (nSPS) is 11.7. The summed E-state index contributed by atoms with van der Waals surface area (Å²) in [5, 5.41) is 9.91. The molecule has 2 N–H and O–H groups in total. The molecule has 4 rings (SSSR count). The van der Waals surface area contributed by atoms with Crippen LogP contribution in [0.3, 0.4) is 0 Å². The van der Waals surface area contributed by atoms with Crippen molar-refractivity contribution in [2.24, 2.45) is 5.41 Å². The van der Waals surface area contributed by atoms with Gasteiger partial charge in [-0.05, 0) is 49.7 Å². The highest BCUT2D eigenvalue weighted by molar-refractivity contribution is 6.42. The van der Waals surface area contributed by atoms with Crippen molar-refractivity contribution >= 4 is 40.2 Å². The Bertz CT molecular complexity index is 1280. The molecule has 0 aliphatic rings. The number of imidazole rings is 1. The lowest BCUT2D eigenvalue weighted by molar-refractivity contribution is -0.148. The van der Waals surface area contributed by atoms with E-state index in [1.54, 1.807) is 56.4 Å². The van der Waals surface area contributed by atoms with Gasteiger partial charge >= 0.3 is 5.97 Å². The number of rotatable bonds is 6. The van der Waals surface area contributed by atoms with Gasteiger partial charge in [0, 0.05) is 17.8 Å². The first kappa shape index (κ1) is 22.0. The molecular formula is C23H18Cl2FN3O3. The zero-order chi connectivity index (χ0) is 23.0. The molecule has 0 fully saturated rings. The number of nitrogens with zero attached hydrogens (tertiary/aromatic N) is 2. The van der Waals surface area contributed by atoms with Gasteiger partial charge in [0.1, 0.15) is 18.2 Å². The van der Waals surface area contributed by atoms with Gasteiger partial charge in [-0.2, -0.15) is 0 Å². The van der Waals surface area contributed by atoms with Crippen LogP contribution in [0.1, 0.15) is 13.8 Å². The van der Waals surface area contributed by atoms with Crippen LogP contribution in [-0.4, -0.2) is 32.6 Å².